The number of Topliss-reactive ketones (excluding diaryl/α,β-unsaturated/α-hetero) is 1. The van der Waals surface area contributed by atoms with E-state index in [2.05, 4.69) is 24.4 Å². The van der Waals surface area contributed by atoms with Gasteiger partial charge in [0.2, 0.25) is 0 Å². The smallest absolute Gasteiger partial charge is 0.191 e. The van der Waals surface area contributed by atoms with Gasteiger partial charge in [0, 0.05) is 24.6 Å². The monoisotopic (exact) mass is 383 g/mol. The Morgan fingerprint density at radius 1 is 1.07 bits per heavy atom. The van der Waals surface area contributed by atoms with Crippen LogP contribution in [0.25, 0.3) is 0 Å². The van der Waals surface area contributed by atoms with Gasteiger partial charge < -0.3 is 15.2 Å². The van der Waals surface area contributed by atoms with Gasteiger partial charge >= 0.3 is 0 Å². The van der Waals surface area contributed by atoms with Crippen molar-refractivity contribution in [1.29, 1.82) is 0 Å². The molecule has 28 heavy (non-hydrogen) atoms. The van der Waals surface area contributed by atoms with Crippen LogP contribution in [-0.2, 0) is 17.6 Å². The van der Waals surface area contributed by atoms with Crippen molar-refractivity contribution in [2.75, 3.05) is 13.2 Å². The molecule has 2 aromatic rings. The zero-order valence-corrected chi connectivity index (χ0v) is 17.2. The summed E-state index contributed by atoms with van der Waals surface area (Å²) < 4.78 is 5.92. The highest BCUT2D eigenvalue weighted by Crippen LogP contribution is 2.15. The van der Waals surface area contributed by atoms with Crippen LogP contribution in [0.2, 0.25) is 0 Å². The number of hydrogen-bond acceptors (Lipinski definition) is 4. The summed E-state index contributed by atoms with van der Waals surface area (Å²) in [6.07, 6.45) is 1.33. The molecule has 0 aromatic heterocycles. The summed E-state index contributed by atoms with van der Waals surface area (Å²) in [5, 5.41) is 13.4. The molecule has 0 bridgehead atoms. The van der Waals surface area contributed by atoms with Gasteiger partial charge in [0.25, 0.3) is 0 Å². The van der Waals surface area contributed by atoms with Crippen LogP contribution in [0.15, 0.2) is 54.6 Å². The van der Waals surface area contributed by atoms with Crippen LogP contribution in [0.5, 0.6) is 0 Å². The van der Waals surface area contributed by atoms with E-state index in [4.69, 9.17) is 4.74 Å². The molecule has 2 N–H and O–H groups in total. The number of aryl methyl sites for hydroxylation is 1. The third-order valence-electron chi connectivity index (χ3n) is 4.55. The molecule has 4 heteroatoms. The van der Waals surface area contributed by atoms with E-state index in [1.807, 2.05) is 56.3 Å². The Balaban J connectivity index is 2.09. The quantitative estimate of drug-likeness (QED) is 0.547. The second kappa shape index (κ2) is 11.7. The topological polar surface area (TPSA) is 58.6 Å². The molecular weight excluding hydrogens is 350 g/mol. The van der Waals surface area contributed by atoms with Crippen molar-refractivity contribution in [2.45, 2.75) is 58.3 Å². The van der Waals surface area contributed by atoms with E-state index in [0.717, 1.165) is 18.4 Å². The van der Waals surface area contributed by atoms with Gasteiger partial charge in [-0.2, -0.15) is 0 Å². The molecule has 0 radical (unpaired) electrons. The molecule has 2 rings (SSSR count). The van der Waals surface area contributed by atoms with Gasteiger partial charge in [-0.15, -0.1) is 0 Å². The van der Waals surface area contributed by atoms with Gasteiger partial charge in [0.1, 0.15) is 6.10 Å². The first kappa shape index (κ1) is 22.3. The lowest BCUT2D eigenvalue weighted by Gasteiger charge is -2.20. The summed E-state index contributed by atoms with van der Waals surface area (Å²) in [6, 6.07) is 17.8. The number of hydrogen-bond donors (Lipinski definition) is 2. The average Bonchev–Trinajstić information content (AvgIpc) is 2.70. The van der Waals surface area contributed by atoms with Crippen molar-refractivity contribution in [3.63, 3.8) is 0 Å². The van der Waals surface area contributed by atoms with Gasteiger partial charge in [-0.1, -0.05) is 81.8 Å². The zero-order valence-electron chi connectivity index (χ0n) is 17.2. The normalized spacial score (nSPS) is 13.5. The van der Waals surface area contributed by atoms with Gasteiger partial charge in [-0.05, 0) is 17.5 Å². The van der Waals surface area contributed by atoms with Gasteiger partial charge in [0.05, 0.1) is 12.7 Å². The second-order valence-electron chi connectivity index (χ2n) is 7.54. The minimum atomic E-state index is -0.653. The van der Waals surface area contributed by atoms with Crippen molar-refractivity contribution < 1.29 is 14.6 Å². The molecule has 152 valence electrons. The summed E-state index contributed by atoms with van der Waals surface area (Å²) in [5.41, 5.74) is 2.98. The molecule has 2 atom stereocenters. The largest absolute Gasteiger partial charge is 0.389 e. The molecule has 0 fully saturated rings. The van der Waals surface area contributed by atoms with E-state index in [1.54, 1.807) is 0 Å². The van der Waals surface area contributed by atoms with Gasteiger partial charge in [-0.25, -0.2) is 0 Å². The standard InChI is InChI=1S/C24H33NO3/c1-4-9-19-10-8-11-20(14-19)15-23(24(27)21-12-6-5-7-13-21)28-17-22(26)16-25-18(2)3/h5-8,10-14,18,22-23,25-26H,4,9,15-17H2,1-3H3. The highest BCUT2D eigenvalue weighted by atomic mass is 16.5. The van der Waals surface area contributed by atoms with E-state index < -0.39 is 12.2 Å². The third kappa shape index (κ3) is 7.55. The Morgan fingerprint density at radius 3 is 2.46 bits per heavy atom. The lowest BCUT2D eigenvalue weighted by Crippen LogP contribution is -2.37. The van der Waals surface area contributed by atoms with E-state index in [0.29, 0.717) is 18.5 Å². The first-order valence-corrected chi connectivity index (χ1v) is 10.2. The molecule has 0 saturated heterocycles. The van der Waals surface area contributed by atoms with Gasteiger partial charge in [-0.3, -0.25) is 4.79 Å². The van der Waals surface area contributed by atoms with E-state index >= 15 is 0 Å². The predicted octanol–water partition coefficient (Wildman–Crippen LogP) is 3.81. The number of benzene rings is 2. The number of aliphatic hydroxyl groups excluding tert-OH is 1. The molecule has 2 aromatic carbocycles. The Labute approximate surface area is 168 Å². The van der Waals surface area contributed by atoms with Gasteiger partial charge in [0.15, 0.2) is 5.78 Å². The molecule has 0 heterocycles. The van der Waals surface area contributed by atoms with E-state index in [9.17, 15) is 9.90 Å². The van der Waals surface area contributed by atoms with Crippen molar-refractivity contribution in [2.24, 2.45) is 0 Å². The number of rotatable bonds is 12. The second-order valence-corrected chi connectivity index (χ2v) is 7.54. The first-order chi connectivity index (χ1) is 13.5. The number of ketones is 1. The van der Waals surface area contributed by atoms with Crippen LogP contribution < -0.4 is 5.32 Å². The Morgan fingerprint density at radius 2 is 1.79 bits per heavy atom. The molecule has 2 unspecified atom stereocenters. The lowest BCUT2D eigenvalue weighted by molar-refractivity contribution is -0.00217. The third-order valence-corrected chi connectivity index (χ3v) is 4.55. The minimum Gasteiger partial charge on any atom is -0.389 e. The highest BCUT2D eigenvalue weighted by Gasteiger charge is 2.22. The van der Waals surface area contributed by atoms with Crippen LogP contribution in [0.1, 0.15) is 48.7 Å². The fourth-order valence-electron chi connectivity index (χ4n) is 3.09. The molecule has 0 aliphatic heterocycles. The Bertz CT molecular complexity index is 715. The van der Waals surface area contributed by atoms with Crippen molar-refractivity contribution in [3.05, 3.63) is 71.3 Å². The molecule has 0 saturated carbocycles. The molecule has 0 aliphatic carbocycles. The average molecular weight is 384 g/mol. The maximum atomic E-state index is 13.0. The summed E-state index contributed by atoms with van der Waals surface area (Å²) >= 11 is 0. The number of nitrogens with one attached hydrogen (secondary N) is 1. The fraction of sp³-hybridized carbons (Fsp3) is 0.458. The number of aliphatic hydroxyl groups is 1. The maximum Gasteiger partial charge on any atom is 0.191 e. The maximum absolute atomic E-state index is 13.0. The molecule has 0 amide bonds. The molecular formula is C24H33NO3. The van der Waals surface area contributed by atoms with Crippen LogP contribution in [0.4, 0.5) is 0 Å². The number of ether oxygens (including phenoxy) is 1. The van der Waals surface area contributed by atoms with Crippen LogP contribution in [0.3, 0.4) is 0 Å². The summed E-state index contributed by atoms with van der Waals surface area (Å²) in [4.78, 5) is 13.0. The summed E-state index contributed by atoms with van der Waals surface area (Å²) in [6.45, 7) is 6.77. The number of carbonyl (C=O) groups is 1. The fourth-order valence-corrected chi connectivity index (χ4v) is 3.09. The zero-order chi connectivity index (χ0) is 20.4. The van der Waals surface area contributed by atoms with Crippen molar-refractivity contribution >= 4 is 5.78 Å². The Kier molecular flexibility index (Phi) is 9.35. The minimum absolute atomic E-state index is 0.0505. The van der Waals surface area contributed by atoms with Crippen LogP contribution >= 0.6 is 0 Å². The van der Waals surface area contributed by atoms with Crippen molar-refractivity contribution in [3.8, 4) is 0 Å². The van der Waals surface area contributed by atoms with Crippen LogP contribution in [0, 0.1) is 0 Å². The van der Waals surface area contributed by atoms with Crippen molar-refractivity contribution in [1.82, 2.24) is 5.32 Å². The van der Waals surface area contributed by atoms with Crippen LogP contribution in [-0.4, -0.2) is 42.3 Å². The molecule has 0 spiro atoms. The Hall–Kier alpha value is -2.01. The highest BCUT2D eigenvalue weighted by molar-refractivity contribution is 5.99. The van der Waals surface area contributed by atoms with E-state index in [-0.39, 0.29) is 18.4 Å². The number of carbonyl (C=O) groups excluding carboxylic acids is 1. The predicted molar refractivity (Wildman–Crippen MR) is 114 cm³/mol. The molecule has 4 nitrogen and oxygen atoms in total. The summed E-state index contributed by atoms with van der Waals surface area (Å²) in [7, 11) is 0. The first-order valence-electron chi connectivity index (χ1n) is 10.2. The lowest BCUT2D eigenvalue weighted by atomic mass is 9.98. The summed E-state index contributed by atoms with van der Waals surface area (Å²) in [5.74, 6) is -0.0505. The molecule has 0 aliphatic rings. The van der Waals surface area contributed by atoms with E-state index in [1.165, 1.54) is 5.56 Å². The SMILES string of the molecule is CCCc1cccc(CC(OCC(O)CNC(C)C)C(=O)c2ccccc2)c1.